The van der Waals surface area contributed by atoms with Gasteiger partial charge in [0.2, 0.25) is 5.75 Å². The summed E-state index contributed by atoms with van der Waals surface area (Å²) in [6, 6.07) is 3.60. The van der Waals surface area contributed by atoms with Crippen LogP contribution in [0, 0.1) is 5.41 Å². The number of methoxy groups -OCH3 is 3. The second kappa shape index (κ2) is 6.46. The highest BCUT2D eigenvalue weighted by Crippen LogP contribution is 2.38. The molecule has 20 heavy (non-hydrogen) atoms. The molecule has 4 nitrogen and oxygen atoms in total. The number of carbonyl (C=O) groups excluding carboxylic acids is 1. The Bertz CT molecular complexity index is 485. The Hall–Kier alpha value is -1.97. The first kappa shape index (κ1) is 16.1. The van der Waals surface area contributed by atoms with Crippen LogP contribution in [0.4, 0.5) is 0 Å². The van der Waals surface area contributed by atoms with E-state index in [1.807, 2.05) is 20.8 Å². The van der Waals surface area contributed by atoms with Crippen molar-refractivity contribution in [1.82, 2.24) is 0 Å². The first-order valence-corrected chi connectivity index (χ1v) is 6.36. The maximum Gasteiger partial charge on any atom is 0.203 e. The minimum atomic E-state index is -0.392. The van der Waals surface area contributed by atoms with Crippen LogP contribution in [0.1, 0.15) is 26.3 Å². The Kier molecular flexibility index (Phi) is 5.19. The highest BCUT2D eigenvalue weighted by Gasteiger charge is 2.18. The lowest BCUT2D eigenvalue weighted by Gasteiger charge is -2.14. The maximum atomic E-state index is 11.9. The number of ketones is 1. The molecule has 0 amide bonds. The van der Waals surface area contributed by atoms with Crippen molar-refractivity contribution in [1.29, 1.82) is 0 Å². The van der Waals surface area contributed by atoms with E-state index in [1.165, 1.54) is 0 Å². The van der Waals surface area contributed by atoms with Crippen LogP contribution in [-0.4, -0.2) is 27.1 Å². The molecule has 0 saturated heterocycles. The molecular weight excluding hydrogens is 256 g/mol. The summed E-state index contributed by atoms with van der Waals surface area (Å²) in [5, 5.41) is 0. The molecule has 0 radical (unpaired) electrons. The summed E-state index contributed by atoms with van der Waals surface area (Å²) in [5.74, 6) is 1.73. The normalized spacial score (nSPS) is 11.5. The van der Waals surface area contributed by atoms with Crippen molar-refractivity contribution in [2.45, 2.75) is 20.8 Å². The zero-order valence-corrected chi connectivity index (χ0v) is 12.9. The van der Waals surface area contributed by atoms with E-state index in [0.717, 1.165) is 5.56 Å². The molecule has 1 rings (SSSR count). The molecule has 110 valence electrons. The van der Waals surface area contributed by atoms with E-state index < -0.39 is 5.41 Å². The van der Waals surface area contributed by atoms with E-state index in [4.69, 9.17) is 14.2 Å². The Morgan fingerprint density at radius 3 is 1.85 bits per heavy atom. The molecule has 0 aliphatic rings. The van der Waals surface area contributed by atoms with Gasteiger partial charge in [0.15, 0.2) is 17.3 Å². The van der Waals surface area contributed by atoms with Gasteiger partial charge in [0, 0.05) is 5.41 Å². The summed E-state index contributed by atoms with van der Waals surface area (Å²) in [6.45, 7) is 5.65. The molecule has 0 aliphatic heterocycles. The fraction of sp³-hybridized carbons (Fsp3) is 0.438. The van der Waals surface area contributed by atoms with E-state index in [9.17, 15) is 4.79 Å². The number of carbonyl (C=O) groups is 1. The van der Waals surface area contributed by atoms with Crippen LogP contribution >= 0.6 is 0 Å². The van der Waals surface area contributed by atoms with Gasteiger partial charge in [-0.1, -0.05) is 26.8 Å². The summed E-state index contributed by atoms with van der Waals surface area (Å²) in [4.78, 5) is 11.9. The van der Waals surface area contributed by atoms with Gasteiger partial charge in [-0.15, -0.1) is 0 Å². The van der Waals surface area contributed by atoms with Gasteiger partial charge < -0.3 is 14.2 Å². The SMILES string of the molecule is COc1cc(C=CC(=O)C(C)(C)C)cc(OC)c1OC. The highest BCUT2D eigenvalue weighted by molar-refractivity contribution is 5.97. The summed E-state index contributed by atoms with van der Waals surface area (Å²) in [5.41, 5.74) is 0.425. The summed E-state index contributed by atoms with van der Waals surface area (Å²) in [6.07, 6.45) is 3.32. The van der Waals surface area contributed by atoms with Crippen molar-refractivity contribution < 1.29 is 19.0 Å². The highest BCUT2D eigenvalue weighted by atomic mass is 16.5. The molecule has 1 aromatic rings. The molecule has 1 aromatic carbocycles. The first-order chi connectivity index (χ1) is 9.33. The third kappa shape index (κ3) is 3.76. The van der Waals surface area contributed by atoms with Crippen molar-refractivity contribution in [2.24, 2.45) is 5.41 Å². The number of rotatable bonds is 5. The standard InChI is InChI=1S/C16H22O4/c1-16(2,3)14(17)8-7-11-9-12(18-4)15(20-6)13(10-11)19-5/h7-10H,1-6H3. The fourth-order valence-electron chi connectivity index (χ4n) is 1.62. The number of benzene rings is 1. The van der Waals surface area contributed by atoms with Crippen molar-refractivity contribution >= 4 is 11.9 Å². The minimum absolute atomic E-state index is 0.0613. The van der Waals surface area contributed by atoms with Crippen LogP contribution in [0.15, 0.2) is 18.2 Å². The third-order valence-electron chi connectivity index (χ3n) is 2.85. The Labute approximate surface area is 120 Å². The summed E-state index contributed by atoms with van der Waals surface area (Å²) >= 11 is 0. The van der Waals surface area contributed by atoms with E-state index >= 15 is 0 Å². The zero-order valence-electron chi connectivity index (χ0n) is 12.9. The minimum Gasteiger partial charge on any atom is -0.493 e. The molecule has 0 saturated carbocycles. The Balaban J connectivity index is 3.14. The average Bonchev–Trinajstić information content (AvgIpc) is 2.42. The fourth-order valence-corrected chi connectivity index (χ4v) is 1.62. The van der Waals surface area contributed by atoms with Crippen molar-refractivity contribution in [2.75, 3.05) is 21.3 Å². The predicted molar refractivity (Wildman–Crippen MR) is 79.6 cm³/mol. The predicted octanol–water partition coefficient (Wildman–Crippen LogP) is 3.34. The summed E-state index contributed by atoms with van der Waals surface area (Å²) in [7, 11) is 4.68. The van der Waals surface area contributed by atoms with Crippen LogP contribution in [0.5, 0.6) is 17.2 Å². The van der Waals surface area contributed by atoms with E-state index in [1.54, 1.807) is 45.6 Å². The number of hydrogen-bond donors (Lipinski definition) is 0. The van der Waals surface area contributed by atoms with E-state index in [-0.39, 0.29) is 5.78 Å². The topological polar surface area (TPSA) is 44.8 Å². The van der Waals surface area contributed by atoms with Crippen LogP contribution < -0.4 is 14.2 Å². The van der Waals surface area contributed by atoms with Gasteiger partial charge in [-0.3, -0.25) is 4.79 Å². The zero-order chi connectivity index (χ0) is 15.3. The van der Waals surface area contributed by atoms with Crippen molar-refractivity contribution in [3.8, 4) is 17.2 Å². The van der Waals surface area contributed by atoms with Crippen molar-refractivity contribution in [3.63, 3.8) is 0 Å². The molecule has 0 fully saturated rings. The molecule has 0 spiro atoms. The largest absolute Gasteiger partial charge is 0.493 e. The van der Waals surface area contributed by atoms with Gasteiger partial charge in [-0.2, -0.15) is 0 Å². The van der Waals surface area contributed by atoms with Crippen LogP contribution in [-0.2, 0) is 4.79 Å². The third-order valence-corrected chi connectivity index (χ3v) is 2.85. The van der Waals surface area contributed by atoms with Crippen LogP contribution in [0.3, 0.4) is 0 Å². The monoisotopic (exact) mass is 278 g/mol. The Morgan fingerprint density at radius 2 is 1.50 bits per heavy atom. The quantitative estimate of drug-likeness (QED) is 0.775. The first-order valence-electron chi connectivity index (χ1n) is 6.36. The van der Waals surface area contributed by atoms with Gasteiger partial charge in [-0.25, -0.2) is 0 Å². The van der Waals surface area contributed by atoms with E-state index in [2.05, 4.69) is 0 Å². The number of ether oxygens (including phenoxy) is 3. The molecule has 0 bridgehead atoms. The van der Waals surface area contributed by atoms with Gasteiger partial charge >= 0.3 is 0 Å². The van der Waals surface area contributed by atoms with Gasteiger partial charge in [0.05, 0.1) is 21.3 Å². The second-order valence-electron chi connectivity index (χ2n) is 5.41. The smallest absolute Gasteiger partial charge is 0.203 e. The lowest BCUT2D eigenvalue weighted by molar-refractivity contribution is -0.121. The maximum absolute atomic E-state index is 11.9. The molecule has 0 atom stereocenters. The summed E-state index contributed by atoms with van der Waals surface area (Å²) < 4.78 is 15.8. The number of allylic oxidation sites excluding steroid dienone is 1. The molecule has 0 N–H and O–H groups in total. The molecule has 4 heteroatoms. The molecule has 0 aliphatic carbocycles. The molecule has 0 heterocycles. The van der Waals surface area contributed by atoms with Gasteiger partial charge in [0.25, 0.3) is 0 Å². The molecule has 0 aromatic heterocycles. The number of hydrogen-bond acceptors (Lipinski definition) is 4. The van der Waals surface area contributed by atoms with Gasteiger partial charge in [0.1, 0.15) is 0 Å². The molecule has 0 unspecified atom stereocenters. The van der Waals surface area contributed by atoms with Crippen LogP contribution in [0.25, 0.3) is 6.08 Å². The van der Waals surface area contributed by atoms with Crippen LogP contribution in [0.2, 0.25) is 0 Å². The Morgan fingerprint density at radius 1 is 1.00 bits per heavy atom. The lowest BCUT2D eigenvalue weighted by atomic mass is 9.90. The average molecular weight is 278 g/mol. The molecular formula is C16H22O4. The van der Waals surface area contributed by atoms with Crippen molar-refractivity contribution in [3.05, 3.63) is 23.8 Å². The second-order valence-corrected chi connectivity index (χ2v) is 5.41. The van der Waals surface area contributed by atoms with E-state index in [0.29, 0.717) is 17.2 Å². The lowest BCUT2D eigenvalue weighted by Crippen LogP contribution is -2.17. The van der Waals surface area contributed by atoms with Gasteiger partial charge in [-0.05, 0) is 23.8 Å².